The number of hydrazine groups is 1. The van der Waals surface area contributed by atoms with Crippen LogP contribution in [0.25, 0.3) is 11.1 Å². The minimum absolute atomic E-state index is 0.000831. The van der Waals surface area contributed by atoms with Gasteiger partial charge in [-0.3, -0.25) is 25.2 Å². The Morgan fingerprint density at radius 2 is 1.80 bits per heavy atom. The maximum absolute atomic E-state index is 12.4. The number of aromatic nitrogens is 2. The summed E-state index contributed by atoms with van der Waals surface area (Å²) in [5, 5.41) is 21.8. The lowest BCUT2D eigenvalue weighted by atomic mass is 9.97. The van der Waals surface area contributed by atoms with Gasteiger partial charge in [0.25, 0.3) is 5.56 Å². The number of nitrogens with one attached hydrogen (secondary N) is 4. The van der Waals surface area contributed by atoms with Gasteiger partial charge in [-0.2, -0.15) is 0 Å². The lowest BCUT2D eigenvalue weighted by molar-refractivity contribution is -0.147. The molecule has 3 rings (SSSR count). The third-order valence-corrected chi connectivity index (χ3v) is 5.23. The van der Waals surface area contributed by atoms with Crippen LogP contribution in [-0.4, -0.2) is 50.1 Å². The van der Waals surface area contributed by atoms with Crippen LogP contribution >= 0.6 is 11.6 Å². The molecule has 0 unspecified atom stereocenters. The Balaban J connectivity index is 1.69. The number of aliphatic hydroxyl groups excluding tert-OH is 1. The third kappa shape index (κ3) is 7.39. The summed E-state index contributed by atoms with van der Waals surface area (Å²) in [6, 6.07) is 14.8. The molecule has 2 aromatic carbocycles. The largest absolute Gasteiger partial charge is 0.479 e. The number of aliphatic carboxylic acids is 1. The number of amides is 2. The van der Waals surface area contributed by atoms with Gasteiger partial charge in [-0.15, -0.1) is 0 Å². The van der Waals surface area contributed by atoms with E-state index in [-0.39, 0.29) is 18.7 Å². The summed E-state index contributed by atoms with van der Waals surface area (Å²) in [5.74, 6) is -3.66. The van der Waals surface area contributed by atoms with Crippen LogP contribution in [0.5, 0.6) is 0 Å². The van der Waals surface area contributed by atoms with Gasteiger partial charge in [0.05, 0.1) is 6.33 Å². The van der Waals surface area contributed by atoms with Gasteiger partial charge in [-0.1, -0.05) is 54.1 Å². The van der Waals surface area contributed by atoms with Crippen molar-refractivity contribution in [2.75, 3.05) is 5.43 Å². The zero-order chi connectivity index (χ0) is 25.4. The highest BCUT2D eigenvalue weighted by atomic mass is 35.5. The molecule has 3 aromatic rings. The van der Waals surface area contributed by atoms with E-state index in [0.29, 0.717) is 10.6 Å². The van der Waals surface area contributed by atoms with Crippen LogP contribution in [0.2, 0.25) is 5.02 Å². The summed E-state index contributed by atoms with van der Waals surface area (Å²) in [7, 11) is 0. The predicted octanol–water partition coefficient (Wildman–Crippen LogP) is 1.10. The van der Waals surface area contributed by atoms with Crippen molar-refractivity contribution in [1.29, 1.82) is 0 Å². The molecular weight excluding hydrogens is 478 g/mol. The van der Waals surface area contributed by atoms with Gasteiger partial charge >= 0.3 is 17.8 Å². The van der Waals surface area contributed by atoms with E-state index < -0.39 is 35.5 Å². The summed E-state index contributed by atoms with van der Waals surface area (Å²) < 4.78 is 0. The van der Waals surface area contributed by atoms with Crippen molar-refractivity contribution < 1.29 is 24.6 Å². The van der Waals surface area contributed by atoms with Crippen molar-refractivity contribution in [3.05, 3.63) is 81.9 Å². The maximum atomic E-state index is 12.4. The van der Waals surface area contributed by atoms with Gasteiger partial charge in [-0.05, 0) is 23.6 Å². The molecular formula is C23H22ClN5O6. The number of carbonyl (C=O) groups is 3. The van der Waals surface area contributed by atoms with Gasteiger partial charge < -0.3 is 20.5 Å². The summed E-state index contributed by atoms with van der Waals surface area (Å²) in [5.41, 5.74) is 6.30. The first-order valence-electron chi connectivity index (χ1n) is 10.4. The highest BCUT2D eigenvalue weighted by molar-refractivity contribution is 6.35. The molecule has 12 heteroatoms. The summed E-state index contributed by atoms with van der Waals surface area (Å²) in [6.07, 6.45) is -0.911. The zero-order valence-corrected chi connectivity index (χ0v) is 19.0. The number of hydrogen-bond donors (Lipinski definition) is 6. The van der Waals surface area contributed by atoms with Gasteiger partial charge in [0, 0.05) is 29.1 Å². The Morgan fingerprint density at radius 3 is 2.46 bits per heavy atom. The van der Waals surface area contributed by atoms with Crippen LogP contribution < -0.4 is 21.7 Å². The van der Waals surface area contributed by atoms with Gasteiger partial charge in [0.15, 0.2) is 11.9 Å². The zero-order valence-electron chi connectivity index (χ0n) is 18.2. The number of nitrogens with zero attached hydrogens (tertiary/aromatic N) is 1. The van der Waals surface area contributed by atoms with Crippen LogP contribution in [0.4, 0.5) is 5.82 Å². The van der Waals surface area contributed by atoms with E-state index in [4.69, 9.17) is 16.7 Å². The Hall–Kier alpha value is -4.22. The second kappa shape index (κ2) is 11.8. The number of aliphatic hydroxyl groups is 1. The lowest BCUT2D eigenvalue weighted by Crippen LogP contribution is -2.48. The van der Waals surface area contributed by atoms with E-state index in [2.05, 4.69) is 26.1 Å². The van der Waals surface area contributed by atoms with Crippen LogP contribution in [-0.2, 0) is 20.8 Å². The van der Waals surface area contributed by atoms with E-state index in [9.17, 15) is 24.3 Å². The summed E-state index contributed by atoms with van der Waals surface area (Å²) in [4.78, 5) is 53.0. The highest BCUT2D eigenvalue weighted by Gasteiger charge is 2.25. The molecule has 2 atom stereocenters. The molecule has 0 bridgehead atoms. The molecule has 6 N–H and O–H groups in total. The van der Waals surface area contributed by atoms with Crippen LogP contribution in [0.3, 0.4) is 0 Å². The Kier molecular flexibility index (Phi) is 8.54. The first kappa shape index (κ1) is 25.4. The molecule has 0 saturated carbocycles. The van der Waals surface area contributed by atoms with Gasteiger partial charge in [0.1, 0.15) is 0 Å². The number of carboxylic acids is 1. The standard InChI is InChI=1S/C23H22ClN5O6/c24-17-9-13(6-7-16(17)14-4-2-1-3-5-14)8-15(10-18(30)23(34)35)27-21(32)22(33)29-28-19-11-20(31)26-12-25-19/h1-7,9,11-12,15,18,30H,8,10H2,(H,27,32)(H,29,33)(H,34,35)(H2,25,26,28,31)/t15-,18-/m1/s1. The van der Waals surface area contributed by atoms with Crippen molar-refractivity contribution in [2.24, 2.45) is 0 Å². The molecule has 2 amide bonds. The molecule has 0 aliphatic rings. The normalized spacial score (nSPS) is 12.3. The molecule has 1 heterocycles. The number of halogens is 1. The quantitative estimate of drug-likeness (QED) is 0.187. The molecule has 0 aliphatic heterocycles. The summed E-state index contributed by atoms with van der Waals surface area (Å²) >= 11 is 6.44. The van der Waals surface area contributed by atoms with E-state index in [1.54, 1.807) is 18.2 Å². The van der Waals surface area contributed by atoms with E-state index in [0.717, 1.165) is 23.5 Å². The fourth-order valence-electron chi connectivity index (χ4n) is 3.25. The minimum atomic E-state index is -1.76. The molecule has 1 aromatic heterocycles. The number of rotatable bonds is 9. The van der Waals surface area contributed by atoms with E-state index in [1.807, 2.05) is 30.3 Å². The van der Waals surface area contributed by atoms with Crippen molar-refractivity contribution >= 4 is 35.2 Å². The Labute approximate surface area is 204 Å². The van der Waals surface area contributed by atoms with Crippen LogP contribution in [0, 0.1) is 0 Å². The molecule has 0 spiro atoms. The molecule has 0 fully saturated rings. The van der Waals surface area contributed by atoms with Crippen molar-refractivity contribution in [2.45, 2.75) is 25.0 Å². The smallest absolute Gasteiger partial charge is 0.332 e. The second-order valence-electron chi connectivity index (χ2n) is 7.52. The highest BCUT2D eigenvalue weighted by Crippen LogP contribution is 2.29. The van der Waals surface area contributed by atoms with Crippen molar-refractivity contribution in [3.63, 3.8) is 0 Å². The molecule has 182 valence electrons. The fourth-order valence-corrected chi connectivity index (χ4v) is 3.56. The molecule has 0 radical (unpaired) electrons. The van der Waals surface area contributed by atoms with E-state index in [1.165, 1.54) is 0 Å². The predicted molar refractivity (Wildman–Crippen MR) is 127 cm³/mol. The summed E-state index contributed by atoms with van der Waals surface area (Å²) in [6.45, 7) is 0. The molecule has 35 heavy (non-hydrogen) atoms. The topological polar surface area (TPSA) is 174 Å². The Morgan fingerprint density at radius 1 is 1.06 bits per heavy atom. The number of carbonyl (C=O) groups excluding carboxylic acids is 2. The van der Waals surface area contributed by atoms with Crippen LogP contribution in [0.15, 0.2) is 65.7 Å². The average Bonchev–Trinajstić information content (AvgIpc) is 2.83. The van der Waals surface area contributed by atoms with Crippen LogP contribution in [0.1, 0.15) is 12.0 Å². The number of carboxylic acid groups (broad SMARTS) is 1. The Bertz CT molecular complexity index is 1270. The first-order chi connectivity index (χ1) is 16.7. The monoisotopic (exact) mass is 499 g/mol. The molecule has 11 nitrogen and oxygen atoms in total. The lowest BCUT2D eigenvalue weighted by Gasteiger charge is -2.20. The SMILES string of the molecule is O=C(NNc1cc(=O)[nH]cn1)C(=O)N[C@H](Cc1ccc(-c2ccccc2)c(Cl)c1)C[C@@H](O)C(=O)O. The van der Waals surface area contributed by atoms with Gasteiger partial charge in [-0.25, -0.2) is 9.78 Å². The number of anilines is 1. The van der Waals surface area contributed by atoms with Gasteiger partial charge in [0.2, 0.25) is 0 Å². The third-order valence-electron chi connectivity index (χ3n) is 4.92. The first-order valence-corrected chi connectivity index (χ1v) is 10.8. The maximum Gasteiger partial charge on any atom is 0.332 e. The number of H-pyrrole nitrogens is 1. The fraction of sp³-hybridized carbons (Fsp3) is 0.174. The van der Waals surface area contributed by atoms with Crippen molar-refractivity contribution in [1.82, 2.24) is 20.7 Å². The van der Waals surface area contributed by atoms with Crippen molar-refractivity contribution in [3.8, 4) is 11.1 Å². The number of aromatic amines is 1. The molecule has 0 saturated heterocycles. The average molecular weight is 500 g/mol. The number of hydrogen-bond acceptors (Lipinski definition) is 7. The molecule has 0 aliphatic carbocycles. The minimum Gasteiger partial charge on any atom is -0.479 e. The number of benzene rings is 2. The van der Waals surface area contributed by atoms with E-state index >= 15 is 0 Å². The second-order valence-corrected chi connectivity index (χ2v) is 7.93.